The third-order valence-corrected chi connectivity index (χ3v) is 1.39. The number of hydrogen-bond donors (Lipinski definition) is 0. The molecular formula is C6H13NO2. The zero-order chi connectivity index (χ0) is 7.28. The molecule has 3 nitrogen and oxygen atoms in total. The van der Waals surface area contributed by atoms with Crippen molar-refractivity contribution in [1.29, 1.82) is 0 Å². The molecule has 0 aromatic carbocycles. The SMILES string of the molecule is CCCC(CC)[N+](=O)[O-]. The van der Waals surface area contributed by atoms with Crippen LogP contribution in [0, 0.1) is 10.1 Å². The van der Waals surface area contributed by atoms with Crippen molar-refractivity contribution in [1.82, 2.24) is 0 Å². The summed E-state index contributed by atoms with van der Waals surface area (Å²) in [5.41, 5.74) is 0. The molecule has 0 spiro atoms. The Bertz CT molecular complexity index is 93.1. The molecule has 0 N–H and O–H groups in total. The van der Waals surface area contributed by atoms with Gasteiger partial charge in [0.15, 0.2) is 0 Å². The molecule has 0 aliphatic heterocycles. The van der Waals surface area contributed by atoms with Crippen molar-refractivity contribution in [3.8, 4) is 0 Å². The highest BCUT2D eigenvalue weighted by Crippen LogP contribution is 2.03. The van der Waals surface area contributed by atoms with Gasteiger partial charge in [0.2, 0.25) is 6.04 Å². The molecule has 0 heterocycles. The van der Waals surface area contributed by atoms with E-state index in [1.807, 2.05) is 13.8 Å². The van der Waals surface area contributed by atoms with Gasteiger partial charge in [-0.2, -0.15) is 0 Å². The summed E-state index contributed by atoms with van der Waals surface area (Å²) in [7, 11) is 0. The van der Waals surface area contributed by atoms with Gasteiger partial charge in [0, 0.05) is 17.8 Å². The van der Waals surface area contributed by atoms with E-state index in [1.165, 1.54) is 0 Å². The molecule has 0 amide bonds. The lowest BCUT2D eigenvalue weighted by molar-refractivity contribution is -0.523. The highest BCUT2D eigenvalue weighted by atomic mass is 16.6. The largest absolute Gasteiger partial charge is 0.264 e. The molecule has 0 rings (SSSR count). The molecule has 9 heavy (non-hydrogen) atoms. The molecular weight excluding hydrogens is 118 g/mol. The minimum absolute atomic E-state index is 0.191. The van der Waals surface area contributed by atoms with Gasteiger partial charge in [-0.25, -0.2) is 0 Å². The van der Waals surface area contributed by atoms with Crippen LogP contribution >= 0.6 is 0 Å². The fraction of sp³-hybridized carbons (Fsp3) is 1.00. The summed E-state index contributed by atoms with van der Waals surface area (Å²) in [6.07, 6.45) is 2.27. The van der Waals surface area contributed by atoms with E-state index in [4.69, 9.17) is 0 Å². The normalized spacial score (nSPS) is 13.1. The second-order valence-corrected chi connectivity index (χ2v) is 2.14. The first-order chi connectivity index (χ1) is 4.22. The van der Waals surface area contributed by atoms with E-state index in [2.05, 4.69) is 0 Å². The molecule has 1 unspecified atom stereocenters. The highest BCUT2D eigenvalue weighted by molar-refractivity contribution is 4.50. The third kappa shape index (κ3) is 3.06. The van der Waals surface area contributed by atoms with Gasteiger partial charge in [-0.05, 0) is 6.42 Å². The van der Waals surface area contributed by atoms with Crippen LogP contribution in [0.5, 0.6) is 0 Å². The Morgan fingerprint density at radius 1 is 1.56 bits per heavy atom. The Morgan fingerprint density at radius 2 is 2.11 bits per heavy atom. The molecule has 0 aromatic heterocycles. The van der Waals surface area contributed by atoms with Crippen molar-refractivity contribution >= 4 is 0 Å². The fourth-order valence-corrected chi connectivity index (χ4v) is 0.792. The van der Waals surface area contributed by atoms with Crippen molar-refractivity contribution in [3.63, 3.8) is 0 Å². The van der Waals surface area contributed by atoms with Crippen LogP contribution in [0.3, 0.4) is 0 Å². The Hall–Kier alpha value is -0.600. The average Bonchev–Trinajstić information content (AvgIpc) is 1.82. The maximum atomic E-state index is 10.1. The van der Waals surface area contributed by atoms with Gasteiger partial charge in [0.1, 0.15) is 0 Å². The van der Waals surface area contributed by atoms with Crippen LogP contribution in [0.25, 0.3) is 0 Å². The first-order valence-corrected chi connectivity index (χ1v) is 3.35. The van der Waals surface area contributed by atoms with Gasteiger partial charge in [-0.3, -0.25) is 10.1 Å². The molecule has 0 aliphatic carbocycles. The zero-order valence-electron chi connectivity index (χ0n) is 5.96. The monoisotopic (exact) mass is 131 g/mol. The molecule has 0 fully saturated rings. The van der Waals surface area contributed by atoms with E-state index in [1.54, 1.807) is 0 Å². The lowest BCUT2D eigenvalue weighted by Gasteiger charge is -2.02. The third-order valence-electron chi connectivity index (χ3n) is 1.39. The van der Waals surface area contributed by atoms with Crippen LogP contribution in [0.2, 0.25) is 0 Å². The molecule has 0 aliphatic rings. The molecule has 0 radical (unpaired) electrons. The Balaban J connectivity index is 3.54. The van der Waals surface area contributed by atoms with E-state index < -0.39 is 0 Å². The topological polar surface area (TPSA) is 43.1 Å². The summed E-state index contributed by atoms with van der Waals surface area (Å²) in [6.45, 7) is 3.81. The first-order valence-electron chi connectivity index (χ1n) is 3.35. The minimum Gasteiger partial charge on any atom is -0.264 e. The van der Waals surface area contributed by atoms with Gasteiger partial charge in [0.05, 0.1) is 0 Å². The van der Waals surface area contributed by atoms with Crippen LogP contribution in [0.4, 0.5) is 0 Å². The van der Waals surface area contributed by atoms with E-state index in [-0.39, 0.29) is 11.0 Å². The first kappa shape index (κ1) is 8.40. The quantitative estimate of drug-likeness (QED) is 0.431. The predicted octanol–water partition coefficient (Wildman–Crippen LogP) is 1.84. The maximum absolute atomic E-state index is 10.1. The minimum atomic E-state index is -0.310. The number of nitro groups is 1. The van der Waals surface area contributed by atoms with Gasteiger partial charge in [0.25, 0.3) is 0 Å². The van der Waals surface area contributed by atoms with Crippen LogP contribution in [-0.2, 0) is 0 Å². The van der Waals surface area contributed by atoms with Crippen molar-refractivity contribution in [2.45, 2.75) is 39.2 Å². The van der Waals surface area contributed by atoms with Crippen molar-refractivity contribution in [2.75, 3.05) is 0 Å². The summed E-state index contributed by atoms with van der Waals surface area (Å²) in [5, 5.41) is 10.1. The standard InChI is InChI=1S/C6H13NO2/c1-3-5-6(4-2)7(8)9/h6H,3-5H2,1-2H3. The average molecular weight is 131 g/mol. The number of hydrogen-bond acceptors (Lipinski definition) is 2. The van der Waals surface area contributed by atoms with E-state index in [9.17, 15) is 10.1 Å². The zero-order valence-corrected chi connectivity index (χ0v) is 5.96. The van der Waals surface area contributed by atoms with E-state index in [0.717, 1.165) is 6.42 Å². The van der Waals surface area contributed by atoms with Crippen LogP contribution in [-0.4, -0.2) is 11.0 Å². The van der Waals surface area contributed by atoms with Crippen molar-refractivity contribution < 1.29 is 4.92 Å². The van der Waals surface area contributed by atoms with Crippen LogP contribution in [0.1, 0.15) is 33.1 Å². The molecule has 3 heteroatoms. The predicted molar refractivity (Wildman–Crippen MR) is 36.0 cm³/mol. The molecule has 0 saturated heterocycles. The molecule has 54 valence electrons. The van der Waals surface area contributed by atoms with E-state index in [0.29, 0.717) is 12.8 Å². The molecule has 1 atom stereocenters. The van der Waals surface area contributed by atoms with E-state index >= 15 is 0 Å². The second-order valence-electron chi connectivity index (χ2n) is 2.14. The van der Waals surface area contributed by atoms with Gasteiger partial charge >= 0.3 is 0 Å². The molecule has 0 saturated carbocycles. The van der Waals surface area contributed by atoms with Crippen LogP contribution < -0.4 is 0 Å². The summed E-state index contributed by atoms with van der Waals surface area (Å²) in [5.74, 6) is 0. The number of rotatable bonds is 4. The number of nitrogens with zero attached hydrogens (tertiary/aromatic N) is 1. The second kappa shape index (κ2) is 4.30. The molecule has 0 bridgehead atoms. The lowest BCUT2D eigenvalue weighted by Crippen LogP contribution is -2.17. The molecule has 0 aromatic rings. The summed E-state index contributed by atoms with van der Waals surface area (Å²) >= 11 is 0. The smallest absolute Gasteiger partial charge is 0.212 e. The fourth-order valence-electron chi connectivity index (χ4n) is 0.792. The lowest BCUT2D eigenvalue weighted by atomic mass is 10.1. The van der Waals surface area contributed by atoms with Crippen molar-refractivity contribution in [3.05, 3.63) is 10.1 Å². The Morgan fingerprint density at radius 3 is 2.22 bits per heavy atom. The Kier molecular flexibility index (Phi) is 4.01. The van der Waals surface area contributed by atoms with Gasteiger partial charge in [-0.15, -0.1) is 0 Å². The van der Waals surface area contributed by atoms with Gasteiger partial charge in [-0.1, -0.05) is 13.8 Å². The summed E-state index contributed by atoms with van der Waals surface area (Å²) < 4.78 is 0. The summed E-state index contributed by atoms with van der Waals surface area (Å²) in [4.78, 5) is 9.94. The van der Waals surface area contributed by atoms with Gasteiger partial charge < -0.3 is 0 Å². The highest BCUT2D eigenvalue weighted by Gasteiger charge is 2.14. The Labute approximate surface area is 55.2 Å². The maximum Gasteiger partial charge on any atom is 0.212 e. The summed E-state index contributed by atoms with van der Waals surface area (Å²) in [6, 6.07) is -0.310. The van der Waals surface area contributed by atoms with Crippen LogP contribution in [0.15, 0.2) is 0 Å². The van der Waals surface area contributed by atoms with Crippen molar-refractivity contribution in [2.24, 2.45) is 0 Å².